The quantitative estimate of drug-likeness (QED) is 0.0375. The number of aromatic carboxylic acids is 1. The van der Waals surface area contributed by atoms with Crippen molar-refractivity contribution in [2.75, 3.05) is 66.2 Å². The monoisotopic (exact) mass is 1750 g/mol. The Morgan fingerprint density at radius 2 is 0.853 bits per heavy atom. The number of aromatic nitrogens is 3. The zero-order chi connectivity index (χ0) is 72.7. The van der Waals surface area contributed by atoms with Gasteiger partial charge in [0.1, 0.15) is 13.1 Å². The zero-order valence-corrected chi connectivity index (χ0v) is 69.5. The van der Waals surface area contributed by atoms with Crippen molar-refractivity contribution < 1.29 is 96.3 Å². The molecule has 0 aliphatic rings. The molecular weight excluding hydrogens is 1670 g/mol. The molecule has 0 unspecified atom stereocenters. The smallest absolute Gasteiger partial charge is 0.870 e. The van der Waals surface area contributed by atoms with E-state index in [1.807, 2.05) is 26.0 Å². The first-order chi connectivity index (χ1) is 45.8. The molecule has 552 valence electrons. The second-order valence-electron chi connectivity index (χ2n) is 21.2. The second kappa shape index (κ2) is 48.1. The van der Waals surface area contributed by atoms with Crippen LogP contribution in [0.1, 0.15) is 97.1 Å². The third-order valence-electron chi connectivity index (χ3n) is 13.4. The summed E-state index contributed by atoms with van der Waals surface area (Å²) in [5.41, 5.74) is 4.35. The van der Waals surface area contributed by atoms with Crippen LogP contribution in [-0.2, 0) is 41.7 Å². The van der Waals surface area contributed by atoms with Gasteiger partial charge in [-0.1, -0.05) is 155 Å². The Hall–Kier alpha value is -5.17. The molecule has 9 aromatic rings. The number of halogens is 10. The fraction of sp³-hybridized carbons (Fsp3) is 0.310. The van der Waals surface area contributed by atoms with E-state index in [0.29, 0.717) is 67.4 Å². The Morgan fingerprint density at radius 3 is 1.17 bits per heavy atom. The molecule has 0 aliphatic carbocycles. The van der Waals surface area contributed by atoms with Crippen LogP contribution in [0.25, 0.3) is 32.7 Å². The predicted octanol–water partition coefficient (Wildman–Crippen LogP) is 17.1. The number of nitrogens with one attached hydrogen (secondary N) is 1. The molecule has 3 heterocycles. The third kappa shape index (κ3) is 27.6. The van der Waals surface area contributed by atoms with Crippen molar-refractivity contribution in [1.82, 2.24) is 28.8 Å². The van der Waals surface area contributed by atoms with Gasteiger partial charge in [0, 0.05) is 105 Å². The molecule has 0 fully saturated rings. The van der Waals surface area contributed by atoms with Crippen molar-refractivity contribution in [2.45, 2.75) is 112 Å². The number of hydrogen-bond acceptors (Lipinski definition) is 13. The number of nitrogens with zero attached hydrogens (tertiary/aromatic N) is 5. The number of H-pyrrole nitrogens is 1. The van der Waals surface area contributed by atoms with E-state index in [1.54, 1.807) is 151 Å². The first-order valence-corrected chi connectivity index (χ1v) is 36.2. The molecule has 9 rings (SSSR count). The molecule has 31 heteroatoms. The Morgan fingerprint density at radius 1 is 0.529 bits per heavy atom. The van der Waals surface area contributed by atoms with Gasteiger partial charge in [0.2, 0.25) is 22.4 Å². The van der Waals surface area contributed by atoms with Gasteiger partial charge >= 0.3 is 47.5 Å². The molecule has 102 heavy (non-hydrogen) atoms. The van der Waals surface area contributed by atoms with Gasteiger partial charge in [-0.3, -0.25) is 19.2 Å². The Balaban J connectivity index is 0. The number of likely N-dealkylation sites (N-methyl/N-ethyl adjacent to an activating group) is 2. The second-order valence-corrected chi connectivity index (χ2v) is 27.7. The first kappa shape index (κ1) is 98.9. The minimum absolute atomic E-state index is 0. The van der Waals surface area contributed by atoms with Crippen LogP contribution >= 0.6 is 130 Å². The summed E-state index contributed by atoms with van der Waals surface area (Å²) in [6, 6.07) is 30.6. The Bertz CT molecular complexity index is 4320. The topological polar surface area (TPSA) is 224 Å². The number of amides is 3. The summed E-state index contributed by atoms with van der Waals surface area (Å²) in [7, 11) is 10.0. The van der Waals surface area contributed by atoms with Crippen molar-refractivity contribution in [1.29, 1.82) is 0 Å². The number of rotatable bonds is 17. The summed E-state index contributed by atoms with van der Waals surface area (Å²) in [6.45, 7) is 13.9. The summed E-state index contributed by atoms with van der Waals surface area (Å²) < 4.78 is 57.3. The van der Waals surface area contributed by atoms with Crippen molar-refractivity contribution in [3.63, 3.8) is 0 Å². The number of carboxylic acids is 1. The molecule has 3 N–H and O–H groups in total. The van der Waals surface area contributed by atoms with Crippen molar-refractivity contribution in [2.24, 2.45) is 0 Å². The standard InChI is InChI=1S/C22H22ClFN2O3S.C20H18ClFN2O3S.C18H15ClFNO2S.C4H8BrNO.C3H8.C2H2Br2O.2CH4.ClH.Na.H2O/c1-5-29-22(28)14-7-6-8-15(11-14)30-21-13(2)26(12-18(27)25(3)4)20-16(21)9-10-17(23)19(20)24;1-11-19(28-13-6-4-5-12(9-13)20(26)27)14-7-8-15(21)17(22)18(14)24(11)10-16(25)23(2)3;1-3-23-18(22)11-5-4-6-12(9-11)24-17-10(2)21-16-13(17)7-8-14(19)15(16)20;1-6(2)4(7)3-5;1-3-2;3-1-2(4)5;;;;;/h6-11H,5,12H2,1-4H3;4-9H,10H2,1-3H3,(H,26,27);4-9,21H,3H2,1-2H3;3H2,1-2H3;3H2,1-2H3;1H2;2*1H4;1H;;1H2/q;;;;;;;;;+1;/p-1. The van der Waals surface area contributed by atoms with E-state index in [9.17, 15) is 51.8 Å². The van der Waals surface area contributed by atoms with Crippen molar-refractivity contribution in [3.05, 3.63) is 175 Å². The molecule has 6 aromatic carbocycles. The number of esters is 2. The van der Waals surface area contributed by atoms with Gasteiger partial charge in [-0.2, -0.15) is 0 Å². The molecule has 3 amide bonds. The van der Waals surface area contributed by atoms with Gasteiger partial charge in [-0.25, -0.2) is 27.6 Å². The number of alkyl halides is 2. The number of hydrogen-bond donors (Lipinski definition) is 2. The van der Waals surface area contributed by atoms with Crippen LogP contribution in [-0.4, -0.2) is 146 Å². The van der Waals surface area contributed by atoms with Crippen molar-refractivity contribution in [3.8, 4) is 0 Å². The fourth-order valence-corrected chi connectivity index (χ4v) is 12.8. The molecule has 0 saturated carbocycles. The van der Waals surface area contributed by atoms with Crippen LogP contribution in [0, 0.1) is 38.2 Å². The summed E-state index contributed by atoms with van der Waals surface area (Å²) in [4.78, 5) is 92.2. The number of benzene rings is 6. The number of carbonyl (C=O) groups is 7. The number of carbonyl (C=O) groups excluding carboxylic acids is 6. The van der Waals surface area contributed by atoms with E-state index < -0.39 is 29.4 Å². The first-order valence-electron chi connectivity index (χ1n) is 29.5. The Kier molecular flexibility index (Phi) is 46.6. The van der Waals surface area contributed by atoms with E-state index >= 15 is 0 Å². The summed E-state index contributed by atoms with van der Waals surface area (Å²) >= 11 is 30.7. The molecule has 0 atom stereocenters. The van der Waals surface area contributed by atoms with Gasteiger partial charge in [0.15, 0.2) is 17.5 Å². The normalized spacial score (nSPS) is 9.98. The third-order valence-corrected chi connectivity index (χ3v) is 19.9. The molecular formula is C71H83Br3Cl4F3N6NaO11S3. The Labute approximate surface area is 675 Å². The summed E-state index contributed by atoms with van der Waals surface area (Å²) in [5.74, 6) is -3.60. The number of aromatic amines is 1. The van der Waals surface area contributed by atoms with Gasteiger partial charge in [-0.15, -0.1) is 12.4 Å². The van der Waals surface area contributed by atoms with Crippen LogP contribution < -0.4 is 29.6 Å². The minimum Gasteiger partial charge on any atom is -0.870 e. The number of carboxylic acid groups (broad SMARTS) is 1. The van der Waals surface area contributed by atoms with E-state index in [4.69, 9.17) is 44.3 Å². The molecule has 0 saturated heterocycles. The summed E-state index contributed by atoms with van der Waals surface area (Å²) in [6.07, 6.45) is 1.25. The number of fused-ring (bicyclic) bond motifs is 3. The van der Waals surface area contributed by atoms with E-state index in [-0.39, 0.29) is 130 Å². The number of aryl methyl sites for hydroxylation is 1. The molecule has 17 nitrogen and oxygen atoms in total. The SMILES string of the molecule is C.C.CCC.CCOC(=O)c1cccc(Sc2c(C)[nH]c3c(F)c(Cl)ccc23)c1.CCOC(=O)c1cccc(Sc2c(C)n(CC(=O)N(C)C)c3c(F)c(Cl)ccc23)c1.CN(C)C(=O)CBr.Cc1c(Sc2cccc(C(=O)O)c2)c2ccc(Cl)c(F)c2n1CC(=O)N(C)C.Cl.O=C(Br)CBr.[Na+].[OH-]. The molecule has 0 spiro atoms. The van der Waals surface area contributed by atoms with Gasteiger partial charge in [0.05, 0.1) is 72.2 Å². The van der Waals surface area contributed by atoms with Gasteiger partial charge in [0.25, 0.3) is 0 Å². The predicted molar refractivity (Wildman–Crippen MR) is 418 cm³/mol. The maximum atomic E-state index is 14.9. The fourth-order valence-electron chi connectivity index (χ4n) is 8.56. The summed E-state index contributed by atoms with van der Waals surface area (Å²) in [5, 5.41) is 12.1. The van der Waals surface area contributed by atoms with Gasteiger partial charge < -0.3 is 48.9 Å². The molecule has 3 aromatic heterocycles. The van der Waals surface area contributed by atoms with Crippen LogP contribution in [0.2, 0.25) is 15.1 Å². The van der Waals surface area contributed by atoms with E-state index in [2.05, 4.69) is 66.6 Å². The maximum absolute atomic E-state index is 14.9. The zero-order valence-electron chi connectivity index (χ0n) is 57.2. The van der Waals surface area contributed by atoms with Crippen LogP contribution in [0.5, 0.6) is 0 Å². The van der Waals surface area contributed by atoms with Crippen LogP contribution in [0.3, 0.4) is 0 Å². The van der Waals surface area contributed by atoms with E-state index in [0.717, 1.165) is 41.3 Å². The minimum atomic E-state index is -1.02. The maximum Gasteiger partial charge on any atom is 1.00 e. The molecule has 0 radical (unpaired) electrons. The van der Waals surface area contributed by atoms with E-state index in [1.165, 1.54) is 74.6 Å². The van der Waals surface area contributed by atoms with Gasteiger partial charge in [-0.05, 0) is 142 Å². The van der Waals surface area contributed by atoms with Crippen LogP contribution in [0.15, 0.2) is 139 Å². The van der Waals surface area contributed by atoms with Crippen LogP contribution in [0.4, 0.5) is 13.2 Å². The average molecular weight is 1750 g/mol. The molecule has 0 aliphatic heterocycles. The van der Waals surface area contributed by atoms with Crippen molar-refractivity contribution >= 4 is 203 Å². The molecule has 0 bridgehead atoms. The number of ether oxygens (including phenoxy) is 2. The average Bonchev–Trinajstić information content (AvgIpc) is 1.62. The largest absolute Gasteiger partial charge is 1.00 e.